The first-order valence-corrected chi connectivity index (χ1v) is 6.02. The summed E-state index contributed by atoms with van der Waals surface area (Å²) in [5.74, 6) is 0.222. The molecule has 1 aromatic rings. The number of rotatable bonds is 3. The first kappa shape index (κ1) is 10.8. The van der Waals surface area contributed by atoms with E-state index in [1.54, 1.807) is 18.3 Å². The van der Waals surface area contributed by atoms with Crippen LogP contribution in [0.1, 0.15) is 17.8 Å². The lowest BCUT2D eigenvalue weighted by atomic mass is 10.1. The average Bonchev–Trinajstić information content (AvgIpc) is 2.72. The van der Waals surface area contributed by atoms with E-state index >= 15 is 0 Å². The molecule has 1 aliphatic rings. The first-order valence-electron chi connectivity index (χ1n) is 5.14. The second-order valence-corrected chi connectivity index (χ2v) is 4.66. The molecule has 0 amide bonds. The number of morpholine rings is 1. The predicted octanol–water partition coefficient (Wildman–Crippen LogP) is 1.71. The normalized spacial score (nSPS) is 20.1. The van der Waals surface area contributed by atoms with Crippen LogP contribution in [0, 0.1) is 0 Å². The molecule has 1 aliphatic heterocycles. The minimum Gasteiger partial charge on any atom is -0.379 e. The average molecular weight is 225 g/mol. The minimum atomic E-state index is -0.0612. The standard InChI is InChI=1S/C11H15NO2S/c1-9(13)11(10-3-2-8-15-10)12-4-6-14-7-5-12/h2-3,8,11H,4-7H2,1H3. The lowest BCUT2D eigenvalue weighted by Crippen LogP contribution is -2.41. The molecule has 4 heteroatoms. The van der Waals surface area contributed by atoms with E-state index in [-0.39, 0.29) is 11.8 Å². The number of hydrogen-bond donors (Lipinski definition) is 0. The molecule has 1 aromatic heterocycles. The molecule has 0 aliphatic carbocycles. The topological polar surface area (TPSA) is 29.5 Å². The summed E-state index contributed by atoms with van der Waals surface area (Å²) in [5.41, 5.74) is 0. The van der Waals surface area contributed by atoms with Gasteiger partial charge in [-0.15, -0.1) is 11.3 Å². The van der Waals surface area contributed by atoms with Gasteiger partial charge in [0.05, 0.1) is 13.2 Å². The van der Waals surface area contributed by atoms with Gasteiger partial charge in [-0.3, -0.25) is 9.69 Å². The lowest BCUT2D eigenvalue weighted by molar-refractivity contribution is -0.124. The van der Waals surface area contributed by atoms with Gasteiger partial charge in [0.1, 0.15) is 6.04 Å². The van der Waals surface area contributed by atoms with Gasteiger partial charge in [0.2, 0.25) is 0 Å². The fraction of sp³-hybridized carbons (Fsp3) is 0.545. The van der Waals surface area contributed by atoms with E-state index in [0.717, 1.165) is 31.2 Å². The third-order valence-corrected chi connectivity index (χ3v) is 3.53. The Kier molecular flexibility index (Phi) is 3.51. The monoisotopic (exact) mass is 225 g/mol. The molecule has 15 heavy (non-hydrogen) atoms. The number of carbonyl (C=O) groups excluding carboxylic acids is 1. The zero-order chi connectivity index (χ0) is 10.7. The Morgan fingerprint density at radius 3 is 2.80 bits per heavy atom. The molecule has 2 heterocycles. The number of ether oxygens (including phenoxy) is 1. The molecule has 0 aromatic carbocycles. The molecule has 1 fully saturated rings. The molecule has 0 spiro atoms. The van der Waals surface area contributed by atoms with Crippen molar-refractivity contribution in [2.75, 3.05) is 26.3 Å². The highest BCUT2D eigenvalue weighted by Crippen LogP contribution is 2.26. The number of ketones is 1. The zero-order valence-corrected chi connectivity index (χ0v) is 9.63. The zero-order valence-electron chi connectivity index (χ0n) is 8.81. The van der Waals surface area contributed by atoms with Gasteiger partial charge in [0.15, 0.2) is 5.78 Å². The second kappa shape index (κ2) is 4.88. The van der Waals surface area contributed by atoms with Crippen LogP contribution in [0.4, 0.5) is 0 Å². The van der Waals surface area contributed by atoms with Crippen molar-refractivity contribution < 1.29 is 9.53 Å². The highest BCUT2D eigenvalue weighted by Gasteiger charge is 2.26. The number of nitrogens with zero attached hydrogens (tertiary/aromatic N) is 1. The van der Waals surface area contributed by atoms with Gasteiger partial charge in [0.25, 0.3) is 0 Å². The Labute approximate surface area is 93.7 Å². The van der Waals surface area contributed by atoms with Crippen molar-refractivity contribution >= 4 is 17.1 Å². The quantitative estimate of drug-likeness (QED) is 0.784. The fourth-order valence-electron chi connectivity index (χ4n) is 1.92. The molecular formula is C11H15NO2S. The van der Waals surface area contributed by atoms with E-state index < -0.39 is 0 Å². The lowest BCUT2D eigenvalue weighted by Gasteiger charge is -2.32. The largest absolute Gasteiger partial charge is 0.379 e. The maximum Gasteiger partial charge on any atom is 0.152 e. The molecule has 1 saturated heterocycles. The Morgan fingerprint density at radius 2 is 2.27 bits per heavy atom. The molecule has 0 N–H and O–H groups in total. The van der Waals surface area contributed by atoms with E-state index in [1.165, 1.54) is 0 Å². The summed E-state index contributed by atoms with van der Waals surface area (Å²) in [6.07, 6.45) is 0. The molecule has 1 unspecified atom stereocenters. The van der Waals surface area contributed by atoms with Crippen LogP contribution in [-0.2, 0) is 9.53 Å². The molecule has 0 saturated carbocycles. The van der Waals surface area contributed by atoms with Crippen LogP contribution in [0.25, 0.3) is 0 Å². The summed E-state index contributed by atoms with van der Waals surface area (Å²) < 4.78 is 5.30. The van der Waals surface area contributed by atoms with Crippen molar-refractivity contribution in [1.29, 1.82) is 0 Å². The highest BCUT2D eigenvalue weighted by molar-refractivity contribution is 7.10. The second-order valence-electron chi connectivity index (χ2n) is 3.68. The van der Waals surface area contributed by atoms with Crippen molar-refractivity contribution in [2.45, 2.75) is 13.0 Å². The molecular weight excluding hydrogens is 210 g/mol. The predicted molar refractivity (Wildman–Crippen MR) is 60.1 cm³/mol. The van der Waals surface area contributed by atoms with Crippen molar-refractivity contribution in [3.05, 3.63) is 22.4 Å². The van der Waals surface area contributed by atoms with Gasteiger partial charge in [0, 0.05) is 18.0 Å². The van der Waals surface area contributed by atoms with Gasteiger partial charge >= 0.3 is 0 Å². The van der Waals surface area contributed by atoms with Crippen LogP contribution < -0.4 is 0 Å². The van der Waals surface area contributed by atoms with Gasteiger partial charge in [-0.1, -0.05) is 6.07 Å². The first-order chi connectivity index (χ1) is 7.29. The number of thiophene rings is 1. The van der Waals surface area contributed by atoms with Crippen LogP contribution >= 0.6 is 11.3 Å². The van der Waals surface area contributed by atoms with Crippen LogP contribution in [0.5, 0.6) is 0 Å². The summed E-state index contributed by atoms with van der Waals surface area (Å²) in [6.45, 7) is 4.83. The van der Waals surface area contributed by atoms with Crippen molar-refractivity contribution in [3.8, 4) is 0 Å². The van der Waals surface area contributed by atoms with E-state index in [2.05, 4.69) is 4.90 Å². The van der Waals surface area contributed by atoms with Gasteiger partial charge < -0.3 is 4.74 Å². The van der Waals surface area contributed by atoms with E-state index in [0.29, 0.717) is 0 Å². The Hall–Kier alpha value is -0.710. The molecule has 1 atom stereocenters. The van der Waals surface area contributed by atoms with Crippen LogP contribution in [0.3, 0.4) is 0 Å². The van der Waals surface area contributed by atoms with Crippen molar-refractivity contribution in [2.24, 2.45) is 0 Å². The fourth-order valence-corrected chi connectivity index (χ4v) is 2.84. The smallest absolute Gasteiger partial charge is 0.152 e. The summed E-state index contributed by atoms with van der Waals surface area (Å²) in [6, 6.07) is 3.97. The summed E-state index contributed by atoms with van der Waals surface area (Å²) in [5, 5.41) is 2.02. The van der Waals surface area contributed by atoms with Gasteiger partial charge in [-0.25, -0.2) is 0 Å². The van der Waals surface area contributed by atoms with Gasteiger partial charge in [-0.2, -0.15) is 0 Å². The Balaban J connectivity index is 2.15. The Morgan fingerprint density at radius 1 is 1.53 bits per heavy atom. The molecule has 0 radical (unpaired) electrons. The third kappa shape index (κ3) is 2.45. The number of Topliss-reactive ketones (excluding diaryl/α,β-unsaturated/α-hetero) is 1. The van der Waals surface area contributed by atoms with Crippen molar-refractivity contribution in [1.82, 2.24) is 4.90 Å². The SMILES string of the molecule is CC(=O)C(c1cccs1)N1CCOCC1. The maximum absolute atomic E-state index is 11.7. The van der Waals surface area contributed by atoms with Crippen molar-refractivity contribution in [3.63, 3.8) is 0 Å². The van der Waals surface area contributed by atoms with E-state index in [9.17, 15) is 4.79 Å². The van der Waals surface area contributed by atoms with Crippen LogP contribution in [-0.4, -0.2) is 37.0 Å². The summed E-state index contributed by atoms with van der Waals surface area (Å²) >= 11 is 1.65. The maximum atomic E-state index is 11.7. The summed E-state index contributed by atoms with van der Waals surface area (Å²) in [4.78, 5) is 15.0. The third-order valence-electron chi connectivity index (χ3n) is 2.61. The van der Waals surface area contributed by atoms with Crippen LogP contribution in [0.2, 0.25) is 0 Å². The summed E-state index contributed by atoms with van der Waals surface area (Å²) in [7, 11) is 0. The van der Waals surface area contributed by atoms with E-state index in [1.807, 2.05) is 17.5 Å². The minimum absolute atomic E-state index is 0.0612. The molecule has 2 rings (SSSR count). The van der Waals surface area contributed by atoms with Crippen LogP contribution in [0.15, 0.2) is 17.5 Å². The van der Waals surface area contributed by atoms with E-state index in [4.69, 9.17) is 4.74 Å². The number of hydrogen-bond acceptors (Lipinski definition) is 4. The Bertz CT molecular complexity index is 317. The molecule has 3 nitrogen and oxygen atoms in total. The van der Waals surface area contributed by atoms with Gasteiger partial charge in [-0.05, 0) is 18.4 Å². The highest BCUT2D eigenvalue weighted by atomic mass is 32.1. The number of carbonyl (C=O) groups is 1. The molecule has 82 valence electrons. The molecule has 0 bridgehead atoms.